The number of H-pyrrole nitrogens is 1. The van der Waals surface area contributed by atoms with Gasteiger partial charge < -0.3 is 24.0 Å². The molecule has 0 aliphatic rings. The van der Waals surface area contributed by atoms with Gasteiger partial charge in [-0.15, -0.1) is 0 Å². The fourth-order valence-corrected chi connectivity index (χ4v) is 4.26. The molecule has 0 atom stereocenters. The number of aromatic amines is 1. The Bertz CT molecular complexity index is 1650. The number of benzene rings is 3. The van der Waals surface area contributed by atoms with Gasteiger partial charge in [-0.25, -0.2) is 4.79 Å². The van der Waals surface area contributed by atoms with Crippen LogP contribution in [0.2, 0.25) is 0 Å². The molecule has 0 amide bonds. The minimum atomic E-state index is -0.906. The number of rotatable bonds is 10. The molecule has 4 aromatic rings. The van der Waals surface area contributed by atoms with Gasteiger partial charge in [-0.3, -0.25) is 20.2 Å². The van der Waals surface area contributed by atoms with E-state index in [1.807, 2.05) is 24.3 Å². The predicted molar refractivity (Wildman–Crippen MR) is 148 cm³/mol. The highest BCUT2D eigenvalue weighted by Gasteiger charge is 2.29. The number of halogens is 1. The van der Waals surface area contributed by atoms with Crippen LogP contribution in [-0.2, 0) is 9.53 Å². The number of ether oxygens (including phenoxy) is 3. The zero-order valence-corrected chi connectivity index (χ0v) is 22.9. The smallest absolute Gasteiger partial charge is 0.361 e. The molecular formula is C26H21BrN4O9. The summed E-state index contributed by atoms with van der Waals surface area (Å²) in [5, 5.41) is 27.2. The number of nitrogens with one attached hydrogen (secondary N) is 1. The number of aromatic nitrogens is 1. The minimum absolute atomic E-state index is 0.00792. The van der Waals surface area contributed by atoms with Crippen LogP contribution in [0.15, 0.2) is 64.4 Å². The third-order valence-corrected chi connectivity index (χ3v) is 6.30. The van der Waals surface area contributed by atoms with Crippen LogP contribution in [0.25, 0.3) is 22.0 Å². The lowest BCUT2D eigenvalue weighted by Gasteiger charge is -2.15. The van der Waals surface area contributed by atoms with Crippen LogP contribution in [0.1, 0.15) is 12.5 Å². The number of oxime groups is 1. The largest absolute Gasteiger partial charge is 0.496 e. The van der Waals surface area contributed by atoms with E-state index in [1.165, 1.54) is 14.2 Å². The first-order chi connectivity index (χ1) is 19.2. The van der Waals surface area contributed by atoms with E-state index < -0.39 is 32.9 Å². The molecular weight excluding hydrogens is 592 g/mol. The zero-order chi connectivity index (χ0) is 29.0. The number of nitrogens with zero attached hydrogens (tertiary/aromatic N) is 3. The SMILES string of the molecule is CCOC(=O)/C(=N\Oc1ccc([N+](=O)[O-])cc1[N+](=O)[O-])c1c(OC)cc(OC)c2c(-c3ccc(Br)cc3)c[nH]c12. The summed E-state index contributed by atoms with van der Waals surface area (Å²) in [5.41, 5.74) is 0.523. The van der Waals surface area contributed by atoms with E-state index in [2.05, 4.69) is 26.1 Å². The highest BCUT2D eigenvalue weighted by molar-refractivity contribution is 9.10. The first-order valence-corrected chi connectivity index (χ1v) is 12.4. The van der Waals surface area contributed by atoms with Crippen LogP contribution in [0.4, 0.5) is 11.4 Å². The Kier molecular flexibility index (Phi) is 8.29. The van der Waals surface area contributed by atoms with Gasteiger partial charge in [0.1, 0.15) is 11.5 Å². The van der Waals surface area contributed by atoms with Crippen LogP contribution in [0.5, 0.6) is 17.2 Å². The summed E-state index contributed by atoms with van der Waals surface area (Å²) in [5.74, 6) is -0.730. The Balaban J connectivity index is 1.95. The van der Waals surface area contributed by atoms with Gasteiger partial charge in [0, 0.05) is 28.4 Å². The van der Waals surface area contributed by atoms with E-state index in [4.69, 9.17) is 19.0 Å². The molecule has 4 rings (SSSR count). The molecule has 40 heavy (non-hydrogen) atoms. The number of carbonyl (C=O) groups is 1. The fraction of sp³-hybridized carbons (Fsp3) is 0.154. The molecule has 0 aliphatic carbocycles. The molecule has 0 aliphatic heterocycles. The van der Waals surface area contributed by atoms with Gasteiger partial charge in [-0.05, 0) is 30.7 Å². The van der Waals surface area contributed by atoms with Crippen LogP contribution < -0.4 is 14.3 Å². The molecule has 0 saturated carbocycles. The van der Waals surface area contributed by atoms with Crippen LogP contribution in [0.3, 0.4) is 0 Å². The van der Waals surface area contributed by atoms with E-state index in [1.54, 1.807) is 19.2 Å². The Morgan fingerprint density at radius 1 is 0.975 bits per heavy atom. The molecule has 0 radical (unpaired) electrons. The van der Waals surface area contributed by atoms with Crippen LogP contribution in [0, 0.1) is 20.2 Å². The summed E-state index contributed by atoms with van der Waals surface area (Å²) in [4.78, 5) is 42.7. The number of nitro benzene ring substituents is 2. The molecule has 3 aromatic carbocycles. The van der Waals surface area contributed by atoms with Crippen LogP contribution >= 0.6 is 15.9 Å². The Labute approximate surface area is 234 Å². The number of esters is 1. The van der Waals surface area contributed by atoms with Crippen molar-refractivity contribution in [2.24, 2.45) is 5.16 Å². The first-order valence-electron chi connectivity index (χ1n) is 11.6. The molecule has 1 N–H and O–H groups in total. The number of hydrogen-bond donors (Lipinski definition) is 1. The van der Waals surface area contributed by atoms with E-state index >= 15 is 0 Å². The van der Waals surface area contributed by atoms with Crippen molar-refractivity contribution in [1.82, 2.24) is 4.98 Å². The molecule has 206 valence electrons. The summed E-state index contributed by atoms with van der Waals surface area (Å²) >= 11 is 3.42. The summed E-state index contributed by atoms with van der Waals surface area (Å²) in [6, 6.07) is 11.9. The van der Waals surface area contributed by atoms with Gasteiger partial charge >= 0.3 is 11.7 Å². The molecule has 0 saturated heterocycles. The fourth-order valence-electron chi connectivity index (χ4n) is 4.00. The molecule has 1 aromatic heterocycles. The lowest BCUT2D eigenvalue weighted by atomic mass is 9.99. The maximum atomic E-state index is 13.1. The number of nitro groups is 2. The van der Waals surface area contributed by atoms with Crippen molar-refractivity contribution in [2.75, 3.05) is 20.8 Å². The Hall–Kier alpha value is -4.98. The first kappa shape index (κ1) is 28.0. The second kappa shape index (κ2) is 11.8. The average molecular weight is 613 g/mol. The number of carbonyl (C=O) groups excluding carboxylic acids is 1. The average Bonchev–Trinajstić information content (AvgIpc) is 3.38. The van der Waals surface area contributed by atoms with Crippen molar-refractivity contribution in [3.8, 4) is 28.4 Å². The van der Waals surface area contributed by atoms with E-state index in [-0.39, 0.29) is 23.6 Å². The molecule has 0 unspecified atom stereocenters. The second-order valence-electron chi connectivity index (χ2n) is 8.03. The molecule has 0 fully saturated rings. The van der Waals surface area contributed by atoms with Crippen LogP contribution in [-0.4, -0.2) is 47.3 Å². The molecule has 13 nitrogen and oxygen atoms in total. The standard InChI is InChI=1S/C26H21BrN4O9/c1-4-39-26(32)25(29-40-19-10-9-16(30(33)34)11-18(19)31(35)36)23-21(38-3)12-20(37-2)22-17(13-28-24(22)23)14-5-7-15(27)8-6-14/h5-13,28H,4H2,1-3H3/b29-25-. The summed E-state index contributed by atoms with van der Waals surface area (Å²) in [6.45, 7) is 1.59. The maximum Gasteiger partial charge on any atom is 0.361 e. The lowest BCUT2D eigenvalue weighted by Crippen LogP contribution is -2.21. The molecule has 1 heterocycles. The van der Waals surface area contributed by atoms with Crippen molar-refractivity contribution in [3.63, 3.8) is 0 Å². The minimum Gasteiger partial charge on any atom is -0.496 e. The monoisotopic (exact) mass is 612 g/mol. The molecule has 14 heteroatoms. The number of methoxy groups -OCH3 is 2. The quantitative estimate of drug-likeness (QED) is 0.101. The number of non-ortho nitro benzene ring substituents is 1. The van der Waals surface area contributed by atoms with Crippen molar-refractivity contribution >= 4 is 49.9 Å². The lowest BCUT2D eigenvalue weighted by molar-refractivity contribution is -0.394. The number of fused-ring (bicyclic) bond motifs is 1. The highest BCUT2D eigenvalue weighted by atomic mass is 79.9. The van der Waals surface area contributed by atoms with Gasteiger partial charge in [0.05, 0.1) is 53.2 Å². The number of hydrogen-bond acceptors (Lipinski definition) is 10. The van der Waals surface area contributed by atoms with Crippen molar-refractivity contribution in [2.45, 2.75) is 6.92 Å². The summed E-state index contributed by atoms with van der Waals surface area (Å²) in [7, 11) is 2.87. The van der Waals surface area contributed by atoms with E-state index in [0.717, 1.165) is 33.8 Å². The van der Waals surface area contributed by atoms with Gasteiger partial charge in [0.15, 0.2) is 0 Å². The van der Waals surface area contributed by atoms with E-state index in [9.17, 15) is 25.0 Å². The van der Waals surface area contributed by atoms with Gasteiger partial charge in [-0.1, -0.05) is 33.2 Å². The zero-order valence-electron chi connectivity index (χ0n) is 21.3. The summed E-state index contributed by atoms with van der Waals surface area (Å²) in [6.07, 6.45) is 1.73. The topological polar surface area (TPSA) is 168 Å². The normalized spacial score (nSPS) is 11.2. The second-order valence-corrected chi connectivity index (χ2v) is 8.95. The van der Waals surface area contributed by atoms with Crippen molar-refractivity contribution in [1.29, 1.82) is 0 Å². The summed E-state index contributed by atoms with van der Waals surface area (Å²) < 4.78 is 17.3. The van der Waals surface area contributed by atoms with E-state index in [0.29, 0.717) is 16.7 Å². The van der Waals surface area contributed by atoms with Gasteiger partial charge in [0.2, 0.25) is 11.5 Å². The third-order valence-electron chi connectivity index (χ3n) is 5.77. The van der Waals surface area contributed by atoms with Gasteiger partial charge in [0.25, 0.3) is 5.69 Å². The molecule has 0 bridgehead atoms. The predicted octanol–water partition coefficient (Wildman–Crippen LogP) is 5.78. The Morgan fingerprint density at radius 2 is 1.68 bits per heavy atom. The third kappa shape index (κ3) is 5.42. The van der Waals surface area contributed by atoms with Gasteiger partial charge in [-0.2, -0.15) is 0 Å². The Morgan fingerprint density at radius 3 is 2.27 bits per heavy atom. The highest BCUT2D eigenvalue weighted by Crippen LogP contribution is 2.42. The van der Waals surface area contributed by atoms with Crippen molar-refractivity contribution in [3.05, 3.63) is 85.0 Å². The molecule has 0 spiro atoms. The van der Waals surface area contributed by atoms with Crippen molar-refractivity contribution < 1.29 is 33.7 Å². The maximum absolute atomic E-state index is 13.1.